The van der Waals surface area contributed by atoms with Crippen molar-refractivity contribution in [3.8, 4) is 0 Å². The van der Waals surface area contributed by atoms with Gasteiger partial charge >= 0.3 is 7.69 Å². The second-order valence-corrected chi connectivity index (χ2v) is 9.64. The van der Waals surface area contributed by atoms with Gasteiger partial charge in [-0.15, -0.1) is 0 Å². The zero-order valence-electron chi connectivity index (χ0n) is 14.8. The maximum atomic E-state index is 11.8. The highest BCUT2D eigenvalue weighted by Crippen LogP contribution is 2.35. The van der Waals surface area contributed by atoms with E-state index in [-0.39, 0.29) is 31.1 Å². The van der Waals surface area contributed by atoms with Crippen molar-refractivity contribution < 1.29 is 18.9 Å². The van der Waals surface area contributed by atoms with Crippen LogP contribution in [0.5, 0.6) is 0 Å². The van der Waals surface area contributed by atoms with Crippen LogP contribution in [0.2, 0.25) is 0 Å². The second-order valence-electron chi connectivity index (χ2n) is 7.09. The van der Waals surface area contributed by atoms with Crippen LogP contribution in [0.1, 0.15) is 47.5 Å². The molecule has 0 radical (unpaired) electrons. The van der Waals surface area contributed by atoms with Crippen molar-refractivity contribution in [1.82, 2.24) is 4.90 Å². The Morgan fingerprint density at radius 1 is 1.17 bits per heavy atom. The lowest BCUT2D eigenvalue weighted by atomic mass is 10.0. The summed E-state index contributed by atoms with van der Waals surface area (Å²) in [5, 5.41) is 0. The van der Waals surface area contributed by atoms with Crippen molar-refractivity contribution in [3.63, 3.8) is 0 Å². The molecule has 0 aromatic carbocycles. The zero-order valence-corrected chi connectivity index (χ0v) is 16.4. The SMILES string of the molecule is CC(C)CC(=O)OBOC(=O)CCN(C1CSSC1)C(C)(C)C. The number of carbonyl (C=O) groups is 2. The van der Waals surface area contributed by atoms with Crippen LogP contribution in [0.4, 0.5) is 0 Å². The average Bonchev–Trinajstić information content (AvgIpc) is 2.90. The Morgan fingerprint density at radius 3 is 2.26 bits per heavy atom. The summed E-state index contributed by atoms with van der Waals surface area (Å²) < 4.78 is 9.90. The maximum absolute atomic E-state index is 11.8. The van der Waals surface area contributed by atoms with Crippen LogP contribution in [-0.4, -0.2) is 54.2 Å². The van der Waals surface area contributed by atoms with E-state index in [0.717, 1.165) is 11.5 Å². The quantitative estimate of drug-likeness (QED) is 0.487. The Balaban J connectivity index is 2.31. The molecule has 1 fully saturated rings. The van der Waals surface area contributed by atoms with Crippen LogP contribution in [0.3, 0.4) is 0 Å². The molecule has 23 heavy (non-hydrogen) atoms. The van der Waals surface area contributed by atoms with Gasteiger partial charge in [0, 0.05) is 36.1 Å². The van der Waals surface area contributed by atoms with Crippen LogP contribution in [0, 0.1) is 5.92 Å². The van der Waals surface area contributed by atoms with Crippen LogP contribution >= 0.6 is 21.6 Å². The molecule has 1 aliphatic heterocycles. The normalized spacial score (nSPS) is 16.0. The first-order valence-electron chi connectivity index (χ1n) is 8.02. The molecule has 132 valence electrons. The van der Waals surface area contributed by atoms with E-state index in [9.17, 15) is 9.59 Å². The van der Waals surface area contributed by atoms with E-state index < -0.39 is 0 Å². The topological polar surface area (TPSA) is 55.8 Å². The molecule has 1 heterocycles. The van der Waals surface area contributed by atoms with Gasteiger partial charge in [0.15, 0.2) is 0 Å². The van der Waals surface area contributed by atoms with Gasteiger partial charge in [-0.1, -0.05) is 35.4 Å². The second kappa shape index (κ2) is 9.84. The Kier molecular flexibility index (Phi) is 8.86. The molecule has 0 atom stereocenters. The fourth-order valence-corrected chi connectivity index (χ4v) is 5.16. The van der Waals surface area contributed by atoms with Gasteiger partial charge in [0.2, 0.25) is 0 Å². The summed E-state index contributed by atoms with van der Waals surface area (Å²) in [6, 6.07) is 0.488. The molecule has 1 rings (SSSR count). The third-order valence-electron chi connectivity index (χ3n) is 3.48. The number of rotatable bonds is 8. The minimum atomic E-state index is -0.330. The van der Waals surface area contributed by atoms with Gasteiger partial charge in [0.05, 0.1) is 6.42 Å². The lowest BCUT2D eigenvalue weighted by Crippen LogP contribution is -2.50. The highest BCUT2D eigenvalue weighted by molar-refractivity contribution is 8.77. The first kappa shape index (κ1) is 20.7. The molecule has 0 spiro atoms. The van der Waals surface area contributed by atoms with Crippen molar-refractivity contribution in [3.05, 3.63) is 0 Å². The molecule has 0 aromatic rings. The fourth-order valence-electron chi connectivity index (χ4n) is 2.38. The van der Waals surface area contributed by atoms with Crippen molar-refractivity contribution >= 4 is 41.2 Å². The highest BCUT2D eigenvalue weighted by atomic mass is 33.1. The summed E-state index contributed by atoms with van der Waals surface area (Å²) in [7, 11) is 3.49. The van der Waals surface area contributed by atoms with Gasteiger partial charge in [-0.3, -0.25) is 14.5 Å². The molecule has 0 aromatic heterocycles. The summed E-state index contributed by atoms with van der Waals surface area (Å²) in [6.45, 7) is 11.0. The van der Waals surface area contributed by atoms with Crippen LogP contribution in [0.25, 0.3) is 0 Å². The first-order valence-corrected chi connectivity index (χ1v) is 10.5. The Bertz CT molecular complexity index is 395. The van der Waals surface area contributed by atoms with Gasteiger partial charge in [-0.2, -0.15) is 0 Å². The van der Waals surface area contributed by atoms with Crippen molar-refractivity contribution in [2.24, 2.45) is 5.92 Å². The predicted octanol–water partition coefficient (Wildman–Crippen LogP) is 2.64. The molecular weight excluding hydrogens is 333 g/mol. The monoisotopic (exact) mass is 361 g/mol. The number of nitrogens with zero attached hydrogens (tertiary/aromatic N) is 1. The number of carbonyl (C=O) groups excluding carboxylic acids is 2. The van der Waals surface area contributed by atoms with Gasteiger partial charge in [0.1, 0.15) is 0 Å². The lowest BCUT2D eigenvalue weighted by Gasteiger charge is -2.39. The van der Waals surface area contributed by atoms with E-state index in [2.05, 4.69) is 25.7 Å². The highest BCUT2D eigenvalue weighted by Gasteiger charge is 2.32. The van der Waals surface area contributed by atoms with Crippen LogP contribution in [0.15, 0.2) is 0 Å². The molecule has 1 aliphatic rings. The van der Waals surface area contributed by atoms with Gasteiger partial charge < -0.3 is 9.31 Å². The lowest BCUT2D eigenvalue weighted by molar-refractivity contribution is -0.140. The molecule has 8 heteroatoms. The summed E-state index contributed by atoms with van der Waals surface area (Å²) >= 11 is 0. The molecule has 0 amide bonds. The predicted molar refractivity (Wildman–Crippen MR) is 98.6 cm³/mol. The van der Waals surface area contributed by atoms with E-state index in [1.807, 2.05) is 35.4 Å². The summed E-state index contributed by atoms with van der Waals surface area (Å²) in [6.07, 6.45) is 0.650. The summed E-state index contributed by atoms with van der Waals surface area (Å²) in [5.41, 5.74) is 0.0140. The zero-order chi connectivity index (χ0) is 17.5. The third kappa shape index (κ3) is 8.36. The molecule has 0 saturated carbocycles. The standard InChI is InChI=1S/C15H28BNO4S2/c1-11(2)8-14(19)21-16-20-13(18)6-7-17(15(3,4)5)12-9-22-23-10-12/h11-12,16H,6-10H2,1-5H3. The van der Waals surface area contributed by atoms with Gasteiger partial charge in [-0.25, -0.2) is 0 Å². The smallest absolute Gasteiger partial charge is 0.502 e. The van der Waals surface area contributed by atoms with E-state index in [1.165, 1.54) is 0 Å². The van der Waals surface area contributed by atoms with E-state index in [1.54, 1.807) is 0 Å². The van der Waals surface area contributed by atoms with Crippen molar-refractivity contribution in [1.29, 1.82) is 0 Å². The minimum Gasteiger partial charge on any atom is -0.502 e. The molecule has 5 nitrogen and oxygen atoms in total. The molecule has 0 unspecified atom stereocenters. The van der Waals surface area contributed by atoms with Crippen molar-refractivity contribution in [2.75, 3.05) is 18.1 Å². The maximum Gasteiger partial charge on any atom is 0.580 e. The fraction of sp³-hybridized carbons (Fsp3) is 0.867. The molecule has 0 N–H and O–H groups in total. The summed E-state index contributed by atoms with van der Waals surface area (Å²) in [5.74, 6) is 1.76. The van der Waals surface area contributed by atoms with Gasteiger partial charge in [0.25, 0.3) is 11.9 Å². The Labute approximate surface area is 148 Å². The molecular formula is C15H28BNO4S2. The Hall–Kier alpha value is -0.335. The third-order valence-corrected chi connectivity index (χ3v) is 6.00. The molecule has 0 aliphatic carbocycles. The van der Waals surface area contributed by atoms with Crippen LogP contribution < -0.4 is 0 Å². The van der Waals surface area contributed by atoms with Crippen molar-refractivity contribution in [2.45, 2.75) is 59.0 Å². The largest absolute Gasteiger partial charge is 0.580 e. The molecule has 1 saturated heterocycles. The van der Waals surface area contributed by atoms with E-state index in [0.29, 0.717) is 25.4 Å². The van der Waals surface area contributed by atoms with Crippen LogP contribution in [-0.2, 0) is 18.9 Å². The number of hydrogen-bond acceptors (Lipinski definition) is 7. The van der Waals surface area contributed by atoms with E-state index >= 15 is 0 Å². The average molecular weight is 361 g/mol. The van der Waals surface area contributed by atoms with E-state index in [4.69, 9.17) is 9.31 Å². The number of hydrogen-bond donors (Lipinski definition) is 0. The van der Waals surface area contributed by atoms with Gasteiger partial charge in [-0.05, 0) is 26.7 Å². The molecule has 0 bridgehead atoms. The summed E-state index contributed by atoms with van der Waals surface area (Å²) in [4.78, 5) is 25.6. The Morgan fingerprint density at radius 2 is 1.74 bits per heavy atom. The first-order chi connectivity index (χ1) is 10.7. The minimum absolute atomic E-state index is 0.0140.